The van der Waals surface area contributed by atoms with Gasteiger partial charge < -0.3 is 10.4 Å². The van der Waals surface area contributed by atoms with Gasteiger partial charge in [0.1, 0.15) is 12.6 Å². The van der Waals surface area contributed by atoms with Gasteiger partial charge in [-0.05, 0) is 37.7 Å². The predicted molar refractivity (Wildman–Crippen MR) is 103 cm³/mol. The molecule has 0 aromatic heterocycles. The van der Waals surface area contributed by atoms with Crippen LogP contribution in [0.2, 0.25) is 0 Å². The number of nitrogens with one attached hydrogen (secondary N) is 1. The van der Waals surface area contributed by atoms with Gasteiger partial charge in [0, 0.05) is 12.6 Å². The van der Waals surface area contributed by atoms with Crippen molar-refractivity contribution in [2.75, 3.05) is 13.1 Å². The molecule has 0 aliphatic carbocycles. The molecule has 3 atom stereocenters. The van der Waals surface area contributed by atoms with Crippen molar-refractivity contribution in [3.8, 4) is 0 Å². The Morgan fingerprint density at radius 2 is 1.96 bits per heavy atom. The topological polar surface area (TPSA) is 90.0 Å². The zero-order chi connectivity index (χ0) is 19.4. The van der Waals surface area contributed by atoms with E-state index in [0.717, 1.165) is 24.8 Å². The summed E-state index contributed by atoms with van der Waals surface area (Å²) in [6, 6.07) is 9.01. The number of carbonyl (C=O) groups excluding carboxylic acids is 2. The molecule has 3 rings (SSSR count). The average Bonchev–Trinajstić information content (AvgIpc) is 3.07. The van der Waals surface area contributed by atoms with E-state index in [2.05, 4.69) is 17.9 Å². The van der Waals surface area contributed by atoms with Crippen LogP contribution in [0.4, 0.5) is 0 Å². The van der Waals surface area contributed by atoms with Crippen LogP contribution in [0.3, 0.4) is 0 Å². The molecule has 1 aromatic carbocycles. The summed E-state index contributed by atoms with van der Waals surface area (Å²) in [5.74, 6) is -1.72. The molecule has 7 nitrogen and oxygen atoms in total. The summed E-state index contributed by atoms with van der Waals surface area (Å²) >= 11 is 4.39. The number of nitrogens with zero attached hydrogens (tertiary/aromatic N) is 2. The average molecular weight is 391 g/mol. The van der Waals surface area contributed by atoms with Crippen molar-refractivity contribution in [1.82, 2.24) is 15.3 Å². The lowest BCUT2D eigenvalue weighted by Crippen LogP contribution is -2.55. The predicted octanol–water partition coefficient (Wildman–Crippen LogP) is 1.10. The van der Waals surface area contributed by atoms with E-state index in [9.17, 15) is 19.5 Å². The molecule has 0 saturated carbocycles. The standard InChI is InChI=1S/C19H25N3O4S/c23-17(24)12-22-19(26)15(9-8-14-7-4-10-21(14)22)20-18(25)16(27)11-13-5-2-1-3-6-13/h1-3,5-6,14-16,27H,4,7-12H2,(H,20,25)(H,23,24)/t14-,15-,16-/m0/s1. The number of carboxylic acids is 1. The zero-order valence-electron chi connectivity index (χ0n) is 15.1. The van der Waals surface area contributed by atoms with E-state index in [0.29, 0.717) is 19.4 Å². The van der Waals surface area contributed by atoms with Gasteiger partial charge in [-0.15, -0.1) is 0 Å². The number of hydrazine groups is 1. The minimum Gasteiger partial charge on any atom is -0.480 e. The van der Waals surface area contributed by atoms with Gasteiger partial charge in [0.25, 0.3) is 5.91 Å². The summed E-state index contributed by atoms with van der Waals surface area (Å²) in [5.41, 5.74) is 0.994. The smallest absolute Gasteiger partial charge is 0.324 e. The Morgan fingerprint density at radius 3 is 2.67 bits per heavy atom. The third kappa shape index (κ3) is 4.81. The van der Waals surface area contributed by atoms with Crippen molar-refractivity contribution in [2.24, 2.45) is 0 Å². The number of carbonyl (C=O) groups is 3. The Balaban J connectivity index is 1.66. The van der Waals surface area contributed by atoms with Crippen molar-refractivity contribution >= 4 is 30.4 Å². The van der Waals surface area contributed by atoms with Gasteiger partial charge >= 0.3 is 5.97 Å². The Kier molecular flexibility index (Phi) is 6.38. The second kappa shape index (κ2) is 8.75. The van der Waals surface area contributed by atoms with Gasteiger partial charge in [-0.1, -0.05) is 30.3 Å². The highest BCUT2D eigenvalue weighted by atomic mass is 32.1. The molecule has 2 N–H and O–H groups in total. The van der Waals surface area contributed by atoms with Gasteiger partial charge in [-0.3, -0.25) is 19.4 Å². The molecule has 0 spiro atoms. The molecule has 27 heavy (non-hydrogen) atoms. The molecule has 2 fully saturated rings. The third-order valence-corrected chi connectivity index (χ3v) is 5.59. The third-order valence-electron chi connectivity index (χ3n) is 5.17. The second-order valence-corrected chi connectivity index (χ2v) is 7.72. The quantitative estimate of drug-likeness (QED) is 0.632. The first kappa shape index (κ1) is 19.7. The van der Waals surface area contributed by atoms with Crippen LogP contribution in [0.25, 0.3) is 0 Å². The molecule has 146 valence electrons. The summed E-state index contributed by atoms with van der Waals surface area (Å²) in [4.78, 5) is 36.7. The molecular weight excluding hydrogens is 366 g/mol. The fourth-order valence-corrected chi connectivity index (χ4v) is 4.13. The van der Waals surface area contributed by atoms with E-state index < -0.39 is 17.3 Å². The van der Waals surface area contributed by atoms with Crippen LogP contribution in [0.15, 0.2) is 30.3 Å². The van der Waals surface area contributed by atoms with E-state index >= 15 is 0 Å². The number of benzene rings is 1. The number of fused-ring (bicyclic) bond motifs is 1. The molecule has 1 aromatic rings. The van der Waals surface area contributed by atoms with Crippen LogP contribution in [-0.4, -0.2) is 63.3 Å². The first-order valence-electron chi connectivity index (χ1n) is 9.28. The van der Waals surface area contributed by atoms with Crippen LogP contribution in [0.5, 0.6) is 0 Å². The van der Waals surface area contributed by atoms with E-state index in [1.54, 1.807) is 0 Å². The fourth-order valence-electron chi connectivity index (χ4n) is 3.85. The second-order valence-electron chi connectivity index (χ2n) is 7.09. The molecular formula is C19H25N3O4S. The zero-order valence-corrected chi connectivity index (χ0v) is 16.0. The molecule has 2 amide bonds. The number of rotatable bonds is 6. The summed E-state index contributed by atoms with van der Waals surface area (Å²) < 4.78 is 0. The Hall–Kier alpha value is -2.06. The summed E-state index contributed by atoms with van der Waals surface area (Å²) in [5, 5.41) is 14.6. The number of thiol groups is 1. The normalized spacial score (nSPS) is 24.2. The van der Waals surface area contributed by atoms with Gasteiger partial charge in [0.15, 0.2) is 0 Å². The summed E-state index contributed by atoms with van der Waals surface area (Å²) in [6.45, 7) is 0.295. The number of hydrogen-bond donors (Lipinski definition) is 3. The van der Waals surface area contributed by atoms with Crippen LogP contribution in [-0.2, 0) is 20.8 Å². The first-order valence-corrected chi connectivity index (χ1v) is 9.79. The Bertz CT molecular complexity index is 699. The Labute approximate surface area is 164 Å². The van der Waals surface area contributed by atoms with Crippen molar-refractivity contribution in [1.29, 1.82) is 0 Å². The van der Waals surface area contributed by atoms with Crippen molar-refractivity contribution in [2.45, 2.75) is 49.4 Å². The molecule has 2 saturated heterocycles. The highest BCUT2D eigenvalue weighted by Gasteiger charge is 2.40. The number of hydrogen-bond acceptors (Lipinski definition) is 5. The van der Waals surface area contributed by atoms with Crippen LogP contribution >= 0.6 is 12.6 Å². The highest BCUT2D eigenvalue weighted by Crippen LogP contribution is 2.28. The first-order chi connectivity index (χ1) is 13.0. The van der Waals surface area contributed by atoms with Crippen molar-refractivity contribution in [3.05, 3.63) is 35.9 Å². The van der Waals surface area contributed by atoms with E-state index in [1.807, 2.05) is 35.3 Å². The highest BCUT2D eigenvalue weighted by molar-refractivity contribution is 7.81. The van der Waals surface area contributed by atoms with Gasteiger partial charge in [0.2, 0.25) is 5.91 Å². The maximum Gasteiger partial charge on any atom is 0.324 e. The maximum atomic E-state index is 12.9. The van der Waals surface area contributed by atoms with Crippen LogP contribution < -0.4 is 5.32 Å². The van der Waals surface area contributed by atoms with Crippen molar-refractivity contribution in [3.63, 3.8) is 0 Å². The minimum atomic E-state index is -1.06. The summed E-state index contributed by atoms with van der Waals surface area (Å²) in [7, 11) is 0. The van der Waals surface area contributed by atoms with Crippen LogP contribution in [0, 0.1) is 0 Å². The molecule has 2 heterocycles. The molecule has 0 unspecified atom stereocenters. The Morgan fingerprint density at radius 1 is 1.22 bits per heavy atom. The largest absolute Gasteiger partial charge is 0.480 e. The number of amides is 2. The lowest BCUT2D eigenvalue weighted by atomic mass is 10.0. The van der Waals surface area contributed by atoms with E-state index in [-0.39, 0.29) is 24.4 Å². The molecule has 2 aliphatic rings. The lowest BCUT2D eigenvalue weighted by molar-refractivity contribution is -0.160. The van der Waals surface area contributed by atoms with E-state index in [1.165, 1.54) is 5.01 Å². The maximum absolute atomic E-state index is 12.9. The van der Waals surface area contributed by atoms with Gasteiger partial charge in [-0.2, -0.15) is 12.6 Å². The fraction of sp³-hybridized carbons (Fsp3) is 0.526. The van der Waals surface area contributed by atoms with Crippen molar-refractivity contribution < 1.29 is 19.5 Å². The molecule has 0 radical (unpaired) electrons. The number of aliphatic carboxylic acids is 1. The SMILES string of the molecule is O=C(O)CN1C(=O)[C@@H](NC(=O)[C@@H](S)Cc2ccccc2)CC[C@@H]2CCCN21. The molecule has 2 aliphatic heterocycles. The monoisotopic (exact) mass is 391 g/mol. The minimum absolute atomic E-state index is 0.159. The molecule has 8 heteroatoms. The van der Waals surface area contributed by atoms with E-state index in [4.69, 9.17) is 0 Å². The molecule has 0 bridgehead atoms. The van der Waals surface area contributed by atoms with Crippen LogP contribution in [0.1, 0.15) is 31.2 Å². The van der Waals surface area contributed by atoms with Gasteiger partial charge in [-0.25, -0.2) is 5.01 Å². The van der Waals surface area contributed by atoms with Gasteiger partial charge in [0.05, 0.1) is 5.25 Å². The summed E-state index contributed by atoms with van der Waals surface area (Å²) in [6.07, 6.45) is 3.61. The lowest BCUT2D eigenvalue weighted by Gasteiger charge is -2.33. The number of carboxylic acid groups (broad SMARTS) is 1.